The number of aromatic nitrogens is 1. The molecule has 0 bridgehead atoms. The zero-order chi connectivity index (χ0) is 18.2. The van der Waals surface area contributed by atoms with E-state index in [4.69, 9.17) is 0 Å². The van der Waals surface area contributed by atoms with Crippen molar-refractivity contribution in [3.63, 3.8) is 0 Å². The highest BCUT2D eigenvalue weighted by molar-refractivity contribution is 8.00. The summed E-state index contributed by atoms with van der Waals surface area (Å²) in [6.07, 6.45) is 4.93. The van der Waals surface area contributed by atoms with E-state index in [1.165, 1.54) is 44.1 Å². The Kier molecular flexibility index (Phi) is 7.73. The number of hydrogen-bond acceptors (Lipinski definition) is 5. The number of rotatable bonds is 7. The van der Waals surface area contributed by atoms with Crippen LogP contribution in [0.25, 0.3) is 0 Å². The molecule has 1 aromatic heterocycles. The monoisotopic (exact) mass is 360 g/mol. The summed E-state index contributed by atoms with van der Waals surface area (Å²) < 4.78 is 0. The van der Waals surface area contributed by atoms with E-state index in [1.54, 1.807) is 0 Å². The molecule has 1 fully saturated rings. The van der Waals surface area contributed by atoms with Gasteiger partial charge in [0.25, 0.3) is 0 Å². The lowest BCUT2D eigenvalue weighted by Crippen LogP contribution is -2.33. The van der Waals surface area contributed by atoms with Crippen LogP contribution in [0.1, 0.15) is 48.1 Å². The molecule has 1 N–H and O–H groups in total. The number of aryl methyl sites for hydroxylation is 1. The van der Waals surface area contributed by atoms with Gasteiger partial charge in [0.05, 0.1) is 11.3 Å². The van der Waals surface area contributed by atoms with Crippen molar-refractivity contribution in [3.8, 4) is 6.07 Å². The molecule has 0 saturated carbocycles. The van der Waals surface area contributed by atoms with E-state index in [-0.39, 0.29) is 5.91 Å². The second kappa shape index (κ2) is 9.79. The fraction of sp³-hybridized carbons (Fsp3) is 0.632. The first-order valence-corrected chi connectivity index (χ1v) is 10.0. The first-order valence-electron chi connectivity index (χ1n) is 9.02. The van der Waals surface area contributed by atoms with Crippen molar-refractivity contribution in [2.45, 2.75) is 51.5 Å². The zero-order valence-corrected chi connectivity index (χ0v) is 16.3. The summed E-state index contributed by atoms with van der Waals surface area (Å²) in [5, 5.41) is 13.0. The highest BCUT2D eigenvalue weighted by Crippen LogP contribution is 2.26. The molecule has 0 radical (unpaired) electrons. The first kappa shape index (κ1) is 19.7. The third kappa shape index (κ3) is 5.72. The van der Waals surface area contributed by atoms with Crippen LogP contribution in [0.2, 0.25) is 0 Å². The maximum absolute atomic E-state index is 12.0. The predicted molar refractivity (Wildman–Crippen MR) is 102 cm³/mol. The molecule has 1 aliphatic rings. The zero-order valence-electron chi connectivity index (χ0n) is 15.5. The summed E-state index contributed by atoms with van der Waals surface area (Å²) in [5.74, 6) is 0.304. The Bertz CT molecular complexity index is 648. The maximum atomic E-state index is 12.0. The molecule has 6 heteroatoms. The fourth-order valence-electron chi connectivity index (χ4n) is 3.05. The van der Waals surface area contributed by atoms with Gasteiger partial charge in [-0.2, -0.15) is 5.26 Å². The number of likely N-dealkylation sites (tertiary alicyclic amines) is 1. The summed E-state index contributed by atoms with van der Waals surface area (Å²) in [6.45, 7) is 10.0. The summed E-state index contributed by atoms with van der Waals surface area (Å²) in [4.78, 5) is 19.0. The molecule has 0 aliphatic carbocycles. The van der Waals surface area contributed by atoms with E-state index in [2.05, 4.69) is 21.3 Å². The maximum Gasteiger partial charge on any atom is 0.230 e. The summed E-state index contributed by atoms with van der Waals surface area (Å²) in [5.41, 5.74) is 3.51. The molecule has 136 valence electrons. The number of thioether (sulfide) groups is 1. The number of nitriles is 1. The van der Waals surface area contributed by atoms with Crippen LogP contribution >= 0.6 is 11.8 Å². The molecule has 0 unspecified atom stereocenters. The Labute approximate surface area is 155 Å². The first-order chi connectivity index (χ1) is 12.0. The molecule has 2 rings (SSSR count). The van der Waals surface area contributed by atoms with Crippen molar-refractivity contribution < 1.29 is 4.79 Å². The lowest BCUT2D eigenvalue weighted by Gasteiger charge is -2.26. The minimum absolute atomic E-state index is 0.00483. The molecule has 0 atom stereocenters. The van der Waals surface area contributed by atoms with Crippen molar-refractivity contribution in [2.75, 3.05) is 31.9 Å². The largest absolute Gasteiger partial charge is 0.355 e. The molecule has 0 spiro atoms. The molecule has 1 aromatic rings. The fourth-order valence-corrected chi connectivity index (χ4v) is 3.96. The van der Waals surface area contributed by atoms with Crippen LogP contribution in [0, 0.1) is 32.1 Å². The van der Waals surface area contributed by atoms with Crippen molar-refractivity contribution in [1.29, 1.82) is 5.26 Å². The van der Waals surface area contributed by atoms with Gasteiger partial charge in [-0.25, -0.2) is 4.98 Å². The molecule has 1 amide bonds. The van der Waals surface area contributed by atoms with Crippen LogP contribution in [0.5, 0.6) is 0 Å². The quantitative estimate of drug-likeness (QED) is 0.598. The minimum Gasteiger partial charge on any atom is -0.355 e. The van der Waals surface area contributed by atoms with E-state index in [9.17, 15) is 10.1 Å². The normalized spacial score (nSPS) is 15.0. The van der Waals surface area contributed by atoms with Gasteiger partial charge in [-0.05, 0) is 70.8 Å². The molecule has 1 saturated heterocycles. The number of piperidine rings is 1. The van der Waals surface area contributed by atoms with Crippen LogP contribution in [-0.4, -0.2) is 47.7 Å². The van der Waals surface area contributed by atoms with Crippen LogP contribution in [0.15, 0.2) is 5.03 Å². The predicted octanol–water partition coefficient (Wildman–Crippen LogP) is 2.96. The second-order valence-electron chi connectivity index (χ2n) is 6.63. The number of carbonyl (C=O) groups is 1. The lowest BCUT2D eigenvalue weighted by atomic mass is 10.1. The van der Waals surface area contributed by atoms with Gasteiger partial charge in [0.1, 0.15) is 11.1 Å². The average molecular weight is 361 g/mol. The van der Waals surface area contributed by atoms with Crippen LogP contribution < -0.4 is 5.32 Å². The van der Waals surface area contributed by atoms with Crippen molar-refractivity contribution in [2.24, 2.45) is 0 Å². The van der Waals surface area contributed by atoms with Gasteiger partial charge in [-0.3, -0.25) is 4.79 Å². The Morgan fingerprint density at radius 2 is 1.96 bits per heavy atom. The molecule has 5 nitrogen and oxygen atoms in total. The van der Waals surface area contributed by atoms with Crippen molar-refractivity contribution in [1.82, 2.24) is 15.2 Å². The SMILES string of the molecule is Cc1nc(SCC(=O)NCCCN2CCCCC2)c(C#N)c(C)c1C. The standard InChI is InChI=1S/C19H28N4OS/c1-14-15(2)17(12-20)19(22-16(14)3)25-13-18(24)21-8-7-11-23-9-5-4-6-10-23/h4-11,13H2,1-3H3,(H,21,24). The van der Waals surface area contributed by atoms with Gasteiger partial charge in [0.15, 0.2) is 0 Å². The highest BCUT2D eigenvalue weighted by atomic mass is 32.2. The van der Waals surface area contributed by atoms with Crippen molar-refractivity contribution in [3.05, 3.63) is 22.4 Å². The summed E-state index contributed by atoms with van der Waals surface area (Å²) in [6, 6.07) is 2.22. The van der Waals surface area contributed by atoms with E-state index in [0.717, 1.165) is 29.8 Å². The Balaban J connectivity index is 1.75. The Morgan fingerprint density at radius 1 is 1.24 bits per heavy atom. The van der Waals surface area contributed by atoms with Gasteiger partial charge < -0.3 is 10.2 Å². The topological polar surface area (TPSA) is 69.0 Å². The summed E-state index contributed by atoms with van der Waals surface area (Å²) >= 11 is 1.35. The molecular formula is C19H28N4OS. The van der Waals surface area contributed by atoms with Gasteiger partial charge in [-0.1, -0.05) is 18.2 Å². The molecule has 0 aromatic carbocycles. The van der Waals surface area contributed by atoms with E-state index in [0.29, 0.717) is 22.9 Å². The number of nitrogens with one attached hydrogen (secondary N) is 1. The van der Waals surface area contributed by atoms with E-state index in [1.807, 2.05) is 20.8 Å². The number of pyridine rings is 1. The van der Waals surface area contributed by atoms with Gasteiger partial charge in [0.2, 0.25) is 5.91 Å². The Hall–Kier alpha value is -1.58. The minimum atomic E-state index is 0.00483. The number of hydrogen-bond donors (Lipinski definition) is 1. The molecular weight excluding hydrogens is 332 g/mol. The number of nitrogens with zero attached hydrogens (tertiary/aromatic N) is 3. The van der Waals surface area contributed by atoms with Gasteiger partial charge >= 0.3 is 0 Å². The number of amides is 1. The highest BCUT2D eigenvalue weighted by Gasteiger charge is 2.14. The summed E-state index contributed by atoms with van der Waals surface area (Å²) in [7, 11) is 0. The molecule has 2 heterocycles. The van der Waals surface area contributed by atoms with Crippen LogP contribution in [0.4, 0.5) is 0 Å². The third-order valence-electron chi connectivity index (χ3n) is 4.84. The van der Waals surface area contributed by atoms with Crippen LogP contribution in [-0.2, 0) is 4.79 Å². The van der Waals surface area contributed by atoms with Crippen molar-refractivity contribution >= 4 is 17.7 Å². The van der Waals surface area contributed by atoms with Crippen LogP contribution in [0.3, 0.4) is 0 Å². The lowest BCUT2D eigenvalue weighted by molar-refractivity contribution is -0.118. The van der Waals surface area contributed by atoms with E-state index >= 15 is 0 Å². The molecule has 1 aliphatic heterocycles. The second-order valence-corrected chi connectivity index (χ2v) is 7.60. The smallest absolute Gasteiger partial charge is 0.230 e. The van der Waals surface area contributed by atoms with Gasteiger partial charge in [0, 0.05) is 12.2 Å². The average Bonchev–Trinajstić information content (AvgIpc) is 2.62. The third-order valence-corrected chi connectivity index (χ3v) is 5.81. The molecule has 25 heavy (non-hydrogen) atoms. The van der Waals surface area contributed by atoms with Gasteiger partial charge in [-0.15, -0.1) is 0 Å². The number of carbonyl (C=O) groups excluding carboxylic acids is 1. The van der Waals surface area contributed by atoms with E-state index < -0.39 is 0 Å². The Morgan fingerprint density at radius 3 is 2.64 bits per heavy atom.